The van der Waals surface area contributed by atoms with Crippen molar-refractivity contribution in [1.82, 2.24) is 5.32 Å². The molecule has 0 bridgehead atoms. The molecule has 0 fully saturated rings. The highest BCUT2D eigenvalue weighted by Gasteiger charge is 2.23. The van der Waals surface area contributed by atoms with Gasteiger partial charge in [-0.05, 0) is 77.0 Å². The lowest BCUT2D eigenvalue weighted by atomic mass is 10.1. The fourth-order valence-electron chi connectivity index (χ4n) is 4.93. The second-order valence-electron chi connectivity index (χ2n) is 13.2. The molecule has 0 aromatic rings. The van der Waals surface area contributed by atoms with Gasteiger partial charge in [0.1, 0.15) is 12.7 Å². The van der Waals surface area contributed by atoms with E-state index in [-0.39, 0.29) is 32.1 Å². The molecule has 3 N–H and O–H groups in total. The minimum absolute atomic E-state index is 0.0423. The van der Waals surface area contributed by atoms with Gasteiger partial charge in [0.2, 0.25) is 5.91 Å². The molecule has 0 rings (SSSR count). The number of phosphoric ester groups is 1. The molecule has 9 nitrogen and oxygen atoms in total. The minimum Gasteiger partial charge on any atom is -0.463 e. The first-order chi connectivity index (χ1) is 26.8. The summed E-state index contributed by atoms with van der Waals surface area (Å²) >= 11 is 0. The van der Waals surface area contributed by atoms with E-state index < -0.39 is 26.5 Å². The molecule has 0 aromatic heterocycles. The van der Waals surface area contributed by atoms with Gasteiger partial charge in [0, 0.05) is 13.0 Å². The van der Waals surface area contributed by atoms with Crippen molar-refractivity contribution in [3.05, 3.63) is 97.2 Å². The molecule has 0 saturated carbocycles. The van der Waals surface area contributed by atoms with Crippen molar-refractivity contribution >= 4 is 19.7 Å². The number of hydrogen-bond acceptors (Lipinski definition) is 7. The van der Waals surface area contributed by atoms with E-state index in [0.29, 0.717) is 12.8 Å². The summed E-state index contributed by atoms with van der Waals surface area (Å²) in [5.41, 5.74) is 0. The highest BCUT2D eigenvalue weighted by atomic mass is 31.2. The highest BCUT2D eigenvalue weighted by Crippen LogP contribution is 2.42. The largest absolute Gasteiger partial charge is 0.472 e. The molecule has 312 valence electrons. The highest BCUT2D eigenvalue weighted by molar-refractivity contribution is 7.47. The van der Waals surface area contributed by atoms with E-state index >= 15 is 0 Å². The van der Waals surface area contributed by atoms with Gasteiger partial charge in [-0.1, -0.05) is 150 Å². The van der Waals surface area contributed by atoms with E-state index in [1.807, 2.05) is 12.2 Å². The Labute approximate surface area is 334 Å². The van der Waals surface area contributed by atoms with E-state index in [1.165, 1.54) is 38.5 Å². The number of hydrogen-bond donors (Lipinski definition) is 3. The van der Waals surface area contributed by atoms with Gasteiger partial charge in [0.05, 0.1) is 19.6 Å². The SMILES string of the molecule is CC/C=C\C/C=C\C/C=C\C/C=C\C/C=C\C/C=C\C/C=C\CC(=O)OCC(O)COP(=O)(O)OCCNC(=O)CCCCCCC/C=C\CCCCCC. The first-order valence-electron chi connectivity index (χ1n) is 20.7. The Morgan fingerprint density at radius 1 is 0.600 bits per heavy atom. The van der Waals surface area contributed by atoms with E-state index in [9.17, 15) is 24.2 Å². The maximum Gasteiger partial charge on any atom is 0.472 e. The number of allylic oxidation sites excluding steroid dienone is 15. The van der Waals surface area contributed by atoms with Crippen molar-refractivity contribution in [3.63, 3.8) is 0 Å². The zero-order valence-electron chi connectivity index (χ0n) is 34.1. The molecule has 0 aliphatic heterocycles. The summed E-state index contributed by atoms with van der Waals surface area (Å²) in [7, 11) is -4.44. The minimum atomic E-state index is -4.44. The van der Waals surface area contributed by atoms with Crippen LogP contribution in [0, 0.1) is 0 Å². The predicted molar refractivity (Wildman–Crippen MR) is 229 cm³/mol. The lowest BCUT2D eigenvalue weighted by molar-refractivity contribution is -0.146. The number of unbranched alkanes of at least 4 members (excludes halogenated alkanes) is 9. The summed E-state index contributed by atoms with van der Waals surface area (Å²) < 4.78 is 26.7. The molecule has 1 amide bonds. The number of phosphoric acid groups is 1. The van der Waals surface area contributed by atoms with Gasteiger partial charge in [-0.25, -0.2) is 4.57 Å². The van der Waals surface area contributed by atoms with Crippen LogP contribution in [0.15, 0.2) is 97.2 Å². The van der Waals surface area contributed by atoms with Crippen LogP contribution >= 0.6 is 7.82 Å². The van der Waals surface area contributed by atoms with Crippen molar-refractivity contribution in [1.29, 1.82) is 0 Å². The van der Waals surface area contributed by atoms with E-state index in [4.69, 9.17) is 13.8 Å². The molecule has 0 aliphatic carbocycles. The molecule has 10 heteroatoms. The molecule has 0 aromatic carbocycles. The quantitative estimate of drug-likeness (QED) is 0.0245. The molecule has 2 atom stereocenters. The topological polar surface area (TPSA) is 131 Å². The zero-order valence-corrected chi connectivity index (χ0v) is 35.0. The number of nitrogens with one attached hydrogen (secondary N) is 1. The Morgan fingerprint density at radius 3 is 1.60 bits per heavy atom. The second kappa shape index (κ2) is 40.6. The maximum atomic E-state index is 12.1. The second-order valence-corrected chi connectivity index (χ2v) is 14.7. The number of aliphatic hydroxyl groups is 1. The Hall–Kier alpha value is -3.07. The summed E-state index contributed by atoms with van der Waals surface area (Å²) in [5, 5.41) is 12.6. The number of esters is 1. The molecule has 55 heavy (non-hydrogen) atoms. The van der Waals surface area contributed by atoms with Crippen LogP contribution in [0.5, 0.6) is 0 Å². The van der Waals surface area contributed by atoms with Gasteiger partial charge in [0.15, 0.2) is 0 Å². The first kappa shape index (κ1) is 51.9. The smallest absolute Gasteiger partial charge is 0.463 e. The number of ether oxygens (including phenoxy) is 1. The predicted octanol–water partition coefficient (Wildman–Crippen LogP) is 11.4. The zero-order chi connectivity index (χ0) is 40.3. The normalized spacial score (nSPS) is 14.3. The summed E-state index contributed by atoms with van der Waals surface area (Å²) in [6, 6.07) is 0. The third-order valence-electron chi connectivity index (χ3n) is 8.03. The van der Waals surface area contributed by atoms with Crippen LogP contribution in [0.25, 0.3) is 0 Å². The standard InChI is InChI=1S/C45H74NO8P/c1-3-5-7-9-11-13-15-17-18-19-20-21-22-23-24-26-28-30-32-34-36-38-45(49)52-41-43(47)42-54-55(50,51)53-40-39-46-44(48)37-35-33-31-29-27-25-16-14-12-10-8-6-4-2/h5,7,11,13-14,16-18,20-21,23-24,28,30,34,36,43,47H,3-4,6,8-10,12,15,19,22,25-27,29,31-33,35,37-42H2,1-2H3,(H,46,48)(H,50,51)/b7-5-,13-11-,16-14-,18-17-,21-20-,24-23-,30-28-,36-34-. The molecular weight excluding hydrogens is 713 g/mol. The van der Waals surface area contributed by atoms with E-state index in [2.05, 4.69) is 98.2 Å². The number of carbonyl (C=O) groups is 2. The van der Waals surface area contributed by atoms with Gasteiger partial charge < -0.3 is 20.1 Å². The van der Waals surface area contributed by atoms with Crippen LogP contribution in [-0.4, -0.2) is 54.3 Å². The van der Waals surface area contributed by atoms with Crippen molar-refractivity contribution in [2.45, 2.75) is 148 Å². The number of carbonyl (C=O) groups excluding carboxylic acids is 2. The Bertz CT molecular complexity index is 1220. The van der Waals surface area contributed by atoms with Gasteiger partial charge in [-0.2, -0.15) is 0 Å². The lowest BCUT2D eigenvalue weighted by Crippen LogP contribution is -2.27. The molecule has 2 unspecified atom stereocenters. The van der Waals surface area contributed by atoms with Crippen LogP contribution in [0.3, 0.4) is 0 Å². The Kier molecular flexibility index (Phi) is 38.3. The first-order valence-corrected chi connectivity index (χ1v) is 22.2. The van der Waals surface area contributed by atoms with Crippen molar-refractivity contribution in [2.24, 2.45) is 0 Å². The third kappa shape index (κ3) is 41.9. The van der Waals surface area contributed by atoms with Crippen LogP contribution < -0.4 is 5.32 Å². The molecule has 0 radical (unpaired) electrons. The van der Waals surface area contributed by atoms with Crippen molar-refractivity contribution < 1.29 is 37.9 Å². The monoisotopic (exact) mass is 788 g/mol. The summed E-state index contributed by atoms with van der Waals surface area (Å²) in [6.07, 6.45) is 52.2. The lowest BCUT2D eigenvalue weighted by Gasteiger charge is -2.15. The van der Waals surface area contributed by atoms with Gasteiger partial charge >= 0.3 is 13.8 Å². The van der Waals surface area contributed by atoms with E-state index in [0.717, 1.165) is 70.6 Å². The molecule has 0 aliphatic rings. The van der Waals surface area contributed by atoms with Crippen LogP contribution in [-0.2, 0) is 27.9 Å². The van der Waals surface area contributed by atoms with Crippen LogP contribution in [0.1, 0.15) is 142 Å². The van der Waals surface area contributed by atoms with E-state index in [1.54, 1.807) is 6.08 Å². The summed E-state index contributed by atoms with van der Waals surface area (Å²) in [5.74, 6) is -0.669. The number of aliphatic hydroxyl groups excluding tert-OH is 1. The molecule has 0 spiro atoms. The third-order valence-corrected chi connectivity index (χ3v) is 9.02. The summed E-state index contributed by atoms with van der Waals surface area (Å²) in [4.78, 5) is 33.8. The Balaban J connectivity index is 3.79. The fourth-order valence-corrected chi connectivity index (χ4v) is 5.69. The maximum absolute atomic E-state index is 12.1. The molecule has 0 heterocycles. The number of rotatable bonds is 37. The van der Waals surface area contributed by atoms with Crippen LogP contribution in [0.4, 0.5) is 0 Å². The number of amides is 1. The fraction of sp³-hybridized carbons (Fsp3) is 0.600. The van der Waals surface area contributed by atoms with Gasteiger partial charge in [-0.15, -0.1) is 0 Å². The molecular formula is C45H74NO8P. The summed E-state index contributed by atoms with van der Waals surface area (Å²) in [6.45, 7) is 3.27. The average Bonchev–Trinajstić information content (AvgIpc) is 3.17. The van der Waals surface area contributed by atoms with Crippen molar-refractivity contribution in [2.75, 3.05) is 26.4 Å². The molecule has 0 saturated heterocycles. The average molecular weight is 788 g/mol. The van der Waals surface area contributed by atoms with Gasteiger partial charge in [0.25, 0.3) is 0 Å². The van der Waals surface area contributed by atoms with Crippen molar-refractivity contribution in [3.8, 4) is 0 Å². The van der Waals surface area contributed by atoms with Crippen LogP contribution in [0.2, 0.25) is 0 Å². The Morgan fingerprint density at radius 2 is 1.07 bits per heavy atom. The van der Waals surface area contributed by atoms with Gasteiger partial charge in [-0.3, -0.25) is 18.6 Å².